The van der Waals surface area contributed by atoms with E-state index in [-0.39, 0.29) is 17.9 Å². The van der Waals surface area contributed by atoms with Crippen LogP contribution >= 0.6 is 12.2 Å². The number of carbonyl (C=O) groups excluding carboxylic acids is 1. The highest BCUT2D eigenvalue weighted by molar-refractivity contribution is 7.80. The average molecular weight is 275 g/mol. The van der Waals surface area contributed by atoms with Gasteiger partial charge in [-0.25, -0.2) is 0 Å². The van der Waals surface area contributed by atoms with Crippen molar-refractivity contribution in [2.24, 2.45) is 11.7 Å². The number of nitrogens with two attached hydrogens (primary N) is 1. The van der Waals surface area contributed by atoms with Gasteiger partial charge in [-0.2, -0.15) is 0 Å². The van der Waals surface area contributed by atoms with Crippen molar-refractivity contribution < 1.29 is 4.79 Å². The predicted octanol–water partition coefficient (Wildman–Crippen LogP) is 1.04. The Bertz CT molecular complexity index is 514. The first-order chi connectivity index (χ1) is 9.16. The van der Waals surface area contributed by atoms with Gasteiger partial charge in [-0.3, -0.25) is 4.79 Å². The van der Waals surface area contributed by atoms with Gasteiger partial charge in [0.15, 0.2) is 0 Å². The van der Waals surface area contributed by atoms with Gasteiger partial charge in [0, 0.05) is 24.3 Å². The summed E-state index contributed by atoms with van der Waals surface area (Å²) in [5.41, 5.74) is 7.64. The molecule has 5 heteroatoms. The number of thiocarbonyl (C=S) groups is 1. The first-order valence-corrected chi connectivity index (χ1v) is 7.02. The lowest BCUT2D eigenvalue weighted by Gasteiger charge is -2.37. The quantitative estimate of drug-likeness (QED) is 0.792. The van der Waals surface area contributed by atoms with Gasteiger partial charge in [0.2, 0.25) is 5.91 Å². The van der Waals surface area contributed by atoms with Crippen LogP contribution in [0.4, 0.5) is 5.69 Å². The number of hydrogen-bond acceptors (Lipinski definition) is 3. The van der Waals surface area contributed by atoms with E-state index in [1.165, 1.54) is 0 Å². The molecule has 0 bridgehead atoms. The molecule has 4 nitrogen and oxygen atoms in total. The molecule has 2 atom stereocenters. The van der Waals surface area contributed by atoms with Crippen molar-refractivity contribution in [3.05, 3.63) is 29.8 Å². The van der Waals surface area contributed by atoms with Crippen LogP contribution in [0.1, 0.15) is 18.4 Å². The van der Waals surface area contributed by atoms with E-state index in [9.17, 15) is 4.79 Å². The van der Waals surface area contributed by atoms with E-state index >= 15 is 0 Å². The number of anilines is 1. The Morgan fingerprint density at radius 2 is 2.11 bits per heavy atom. The molecule has 0 saturated carbocycles. The molecule has 2 unspecified atom stereocenters. The normalized spacial score (nSPS) is 25.9. The molecule has 2 saturated heterocycles. The lowest BCUT2D eigenvalue weighted by Crippen LogP contribution is -2.45. The molecule has 1 aromatic carbocycles. The smallest absolute Gasteiger partial charge is 0.225 e. The van der Waals surface area contributed by atoms with E-state index in [0.717, 1.165) is 37.2 Å². The third-order valence-electron chi connectivity index (χ3n) is 4.08. The van der Waals surface area contributed by atoms with Gasteiger partial charge >= 0.3 is 0 Å². The fourth-order valence-corrected chi connectivity index (χ4v) is 3.23. The van der Waals surface area contributed by atoms with Crippen LogP contribution in [0.15, 0.2) is 24.3 Å². The van der Waals surface area contributed by atoms with Crippen molar-refractivity contribution in [1.82, 2.24) is 5.32 Å². The van der Waals surface area contributed by atoms with Crippen LogP contribution in [-0.2, 0) is 4.79 Å². The minimum Gasteiger partial charge on any atom is -0.389 e. The predicted molar refractivity (Wildman–Crippen MR) is 79.2 cm³/mol. The number of fused-ring (bicyclic) bond motifs is 1. The lowest BCUT2D eigenvalue weighted by atomic mass is 9.91. The standard InChI is InChI=1S/C14H17N3OS/c15-13(19)9-3-5-10(6-4-9)17-7-1-2-11-12(17)8-16-14(11)18/h3-6,11-12H,1-2,7-8H2,(H2,15,19)(H,16,18). The number of nitrogens with one attached hydrogen (secondary N) is 1. The summed E-state index contributed by atoms with van der Waals surface area (Å²) in [5.74, 6) is 0.346. The van der Waals surface area contributed by atoms with Gasteiger partial charge in [-0.15, -0.1) is 0 Å². The molecule has 1 aromatic rings. The van der Waals surface area contributed by atoms with E-state index in [4.69, 9.17) is 18.0 Å². The maximum absolute atomic E-state index is 11.8. The Kier molecular flexibility index (Phi) is 3.14. The number of hydrogen-bond donors (Lipinski definition) is 2. The maximum atomic E-state index is 11.8. The van der Waals surface area contributed by atoms with Crippen LogP contribution in [0, 0.1) is 5.92 Å². The number of nitrogens with zero attached hydrogens (tertiary/aromatic N) is 1. The highest BCUT2D eigenvalue weighted by Gasteiger charge is 2.40. The minimum absolute atomic E-state index is 0.143. The van der Waals surface area contributed by atoms with Crippen molar-refractivity contribution in [3.8, 4) is 0 Å². The highest BCUT2D eigenvalue weighted by atomic mass is 32.1. The molecular weight excluding hydrogens is 258 g/mol. The van der Waals surface area contributed by atoms with Crippen LogP contribution in [0.25, 0.3) is 0 Å². The van der Waals surface area contributed by atoms with Crippen molar-refractivity contribution in [3.63, 3.8) is 0 Å². The summed E-state index contributed by atoms with van der Waals surface area (Å²) in [6.45, 7) is 1.75. The molecule has 3 N–H and O–H groups in total. The van der Waals surface area contributed by atoms with Crippen molar-refractivity contribution in [2.45, 2.75) is 18.9 Å². The van der Waals surface area contributed by atoms with Crippen molar-refractivity contribution in [1.29, 1.82) is 0 Å². The third kappa shape index (κ3) is 2.18. The SMILES string of the molecule is NC(=S)c1ccc(N2CCCC3C(=O)NCC32)cc1. The van der Waals surface area contributed by atoms with Crippen LogP contribution in [0.2, 0.25) is 0 Å². The third-order valence-corrected chi connectivity index (χ3v) is 4.32. The Balaban J connectivity index is 1.85. The average Bonchev–Trinajstić information content (AvgIpc) is 2.81. The van der Waals surface area contributed by atoms with Gasteiger partial charge < -0.3 is 16.0 Å². The van der Waals surface area contributed by atoms with Crippen molar-refractivity contribution in [2.75, 3.05) is 18.0 Å². The summed E-state index contributed by atoms with van der Waals surface area (Å²) >= 11 is 4.96. The monoisotopic (exact) mass is 275 g/mol. The molecule has 100 valence electrons. The first-order valence-electron chi connectivity index (χ1n) is 6.61. The second kappa shape index (κ2) is 4.81. The summed E-state index contributed by atoms with van der Waals surface area (Å²) in [6, 6.07) is 8.27. The van der Waals surface area contributed by atoms with Crippen molar-refractivity contribution >= 4 is 28.8 Å². The number of piperidine rings is 1. The van der Waals surface area contributed by atoms with Crippen LogP contribution in [0.5, 0.6) is 0 Å². The number of carbonyl (C=O) groups is 1. The summed E-state index contributed by atoms with van der Waals surface area (Å²) in [4.78, 5) is 14.5. The van der Waals surface area contributed by atoms with E-state index in [2.05, 4.69) is 10.2 Å². The number of rotatable bonds is 2. The summed E-state index contributed by atoms with van der Waals surface area (Å²) in [7, 11) is 0. The van der Waals surface area contributed by atoms with E-state index in [1.54, 1.807) is 0 Å². The molecule has 3 rings (SSSR count). The Labute approximate surface area is 118 Å². The summed E-state index contributed by atoms with van der Waals surface area (Å²) in [6.07, 6.45) is 2.06. The number of amides is 1. The number of benzene rings is 1. The van der Waals surface area contributed by atoms with E-state index < -0.39 is 0 Å². The molecule has 2 aliphatic rings. The lowest BCUT2D eigenvalue weighted by molar-refractivity contribution is -0.122. The molecule has 2 heterocycles. The maximum Gasteiger partial charge on any atom is 0.225 e. The van der Waals surface area contributed by atoms with Gasteiger partial charge in [0.1, 0.15) is 4.99 Å². The zero-order valence-corrected chi connectivity index (χ0v) is 11.5. The molecule has 0 aliphatic carbocycles. The molecule has 0 radical (unpaired) electrons. The minimum atomic E-state index is 0.143. The van der Waals surface area contributed by atoms with Crippen LogP contribution in [0.3, 0.4) is 0 Å². The molecule has 19 heavy (non-hydrogen) atoms. The van der Waals surface area contributed by atoms with Crippen LogP contribution < -0.4 is 16.0 Å². The summed E-state index contributed by atoms with van der Waals surface area (Å²) < 4.78 is 0. The molecule has 1 amide bonds. The van der Waals surface area contributed by atoms with Gasteiger partial charge in [0.05, 0.1) is 12.0 Å². The molecule has 2 fully saturated rings. The van der Waals surface area contributed by atoms with Gasteiger partial charge in [-0.05, 0) is 37.1 Å². The van der Waals surface area contributed by atoms with Gasteiger partial charge in [0.25, 0.3) is 0 Å². The zero-order valence-electron chi connectivity index (χ0n) is 10.6. The Morgan fingerprint density at radius 1 is 1.37 bits per heavy atom. The second-order valence-corrected chi connectivity index (χ2v) is 5.61. The zero-order chi connectivity index (χ0) is 13.4. The van der Waals surface area contributed by atoms with E-state index in [0.29, 0.717) is 4.99 Å². The Hall–Kier alpha value is -1.62. The first kappa shape index (κ1) is 12.4. The molecular formula is C14H17N3OS. The van der Waals surface area contributed by atoms with Gasteiger partial charge in [-0.1, -0.05) is 12.2 Å². The summed E-state index contributed by atoms with van der Waals surface area (Å²) in [5, 5.41) is 2.97. The van der Waals surface area contributed by atoms with Crippen LogP contribution in [-0.4, -0.2) is 30.0 Å². The molecule has 0 spiro atoms. The highest BCUT2D eigenvalue weighted by Crippen LogP contribution is 2.31. The fourth-order valence-electron chi connectivity index (χ4n) is 3.09. The second-order valence-electron chi connectivity index (χ2n) is 5.17. The largest absolute Gasteiger partial charge is 0.389 e. The molecule has 0 aromatic heterocycles. The Morgan fingerprint density at radius 3 is 2.79 bits per heavy atom. The fraction of sp³-hybridized carbons (Fsp3) is 0.429. The topological polar surface area (TPSA) is 58.4 Å². The van der Waals surface area contributed by atoms with E-state index in [1.807, 2.05) is 24.3 Å². The molecule has 2 aliphatic heterocycles.